The van der Waals surface area contributed by atoms with Gasteiger partial charge in [-0.05, 0) is 25.7 Å². The van der Waals surface area contributed by atoms with Crippen molar-refractivity contribution in [1.29, 1.82) is 0 Å². The van der Waals surface area contributed by atoms with E-state index in [0.717, 1.165) is 58.1 Å². The summed E-state index contributed by atoms with van der Waals surface area (Å²) in [7, 11) is 3.61. The molecule has 0 aliphatic carbocycles. The minimum Gasteiger partial charge on any atom is -0.385 e. The molecule has 1 fully saturated rings. The number of piperidine rings is 1. The van der Waals surface area contributed by atoms with Crippen molar-refractivity contribution in [1.82, 2.24) is 10.2 Å². The summed E-state index contributed by atoms with van der Waals surface area (Å²) in [6.45, 7) is 6.93. The molecule has 1 aliphatic rings. The topological polar surface area (TPSA) is 46.1 Å². The van der Waals surface area contributed by atoms with E-state index in [9.17, 15) is 0 Å². The number of rotatable bonds is 10. The molecule has 0 amide bonds. The van der Waals surface area contributed by atoms with Crippen molar-refractivity contribution >= 4 is 5.96 Å². The Morgan fingerprint density at radius 3 is 2.55 bits per heavy atom. The first-order valence-electron chi connectivity index (χ1n) is 8.88. The fourth-order valence-electron chi connectivity index (χ4n) is 2.77. The van der Waals surface area contributed by atoms with E-state index in [-0.39, 0.29) is 0 Å². The molecule has 0 saturated carbocycles. The van der Waals surface area contributed by atoms with Gasteiger partial charge in [-0.25, -0.2) is 0 Å². The summed E-state index contributed by atoms with van der Waals surface area (Å²) in [6, 6.07) is 0. The van der Waals surface area contributed by atoms with Crippen LogP contribution in [0.25, 0.3) is 0 Å². The molecule has 5 heteroatoms. The number of aliphatic imine (C=N–C) groups is 1. The van der Waals surface area contributed by atoms with E-state index in [4.69, 9.17) is 9.47 Å². The summed E-state index contributed by atoms with van der Waals surface area (Å²) < 4.78 is 10.9. The van der Waals surface area contributed by atoms with E-state index in [1.165, 1.54) is 25.7 Å². The highest BCUT2D eigenvalue weighted by atomic mass is 16.5. The molecular formula is C17H35N3O2. The third-order valence-electron chi connectivity index (χ3n) is 4.11. The van der Waals surface area contributed by atoms with Crippen LogP contribution in [0.15, 0.2) is 4.99 Å². The van der Waals surface area contributed by atoms with Gasteiger partial charge in [-0.15, -0.1) is 0 Å². The Balaban J connectivity index is 2.15. The summed E-state index contributed by atoms with van der Waals surface area (Å²) >= 11 is 0. The number of nitrogens with one attached hydrogen (secondary N) is 1. The van der Waals surface area contributed by atoms with Gasteiger partial charge in [-0.3, -0.25) is 4.99 Å². The number of guanidine groups is 1. The molecule has 0 spiro atoms. The molecule has 0 bridgehead atoms. The number of ether oxygens (including phenoxy) is 2. The quantitative estimate of drug-likeness (QED) is 0.383. The average Bonchev–Trinajstić information content (AvgIpc) is 2.56. The fourth-order valence-corrected chi connectivity index (χ4v) is 2.77. The van der Waals surface area contributed by atoms with Crippen LogP contribution in [0.5, 0.6) is 0 Å². The SMILES string of the molecule is CCCCCCNC(=NC)N1CCC(OCCCOC)CC1. The third-order valence-corrected chi connectivity index (χ3v) is 4.11. The zero-order valence-electron chi connectivity index (χ0n) is 14.8. The van der Waals surface area contributed by atoms with Crippen molar-refractivity contribution in [2.45, 2.75) is 58.0 Å². The lowest BCUT2D eigenvalue weighted by Gasteiger charge is -2.34. The number of unbranched alkanes of at least 4 members (excludes halogenated alkanes) is 3. The molecular weight excluding hydrogens is 278 g/mol. The summed E-state index contributed by atoms with van der Waals surface area (Å²) in [6.07, 6.45) is 8.70. The minimum atomic E-state index is 0.399. The van der Waals surface area contributed by atoms with E-state index in [1.807, 2.05) is 7.05 Å². The normalized spacial score (nSPS) is 17.0. The molecule has 1 heterocycles. The standard InChI is InChI=1S/C17H35N3O2/c1-4-5-6-7-11-19-17(18-2)20-12-9-16(10-13-20)22-15-8-14-21-3/h16H,4-15H2,1-3H3,(H,18,19). The highest BCUT2D eigenvalue weighted by Gasteiger charge is 2.21. The Morgan fingerprint density at radius 2 is 1.91 bits per heavy atom. The van der Waals surface area contributed by atoms with Gasteiger partial charge in [0.2, 0.25) is 0 Å². The molecule has 1 saturated heterocycles. The fraction of sp³-hybridized carbons (Fsp3) is 0.941. The molecule has 0 atom stereocenters. The third kappa shape index (κ3) is 7.99. The van der Waals surface area contributed by atoms with Crippen LogP contribution in [0, 0.1) is 0 Å². The van der Waals surface area contributed by atoms with Crippen LogP contribution >= 0.6 is 0 Å². The van der Waals surface area contributed by atoms with Crippen LogP contribution in [0.4, 0.5) is 0 Å². The highest BCUT2D eigenvalue weighted by molar-refractivity contribution is 5.79. The molecule has 1 aliphatic heterocycles. The highest BCUT2D eigenvalue weighted by Crippen LogP contribution is 2.14. The molecule has 0 aromatic heterocycles. The number of hydrogen-bond acceptors (Lipinski definition) is 3. The van der Waals surface area contributed by atoms with Gasteiger partial charge in [-0.2, -0.15) is 0 Å². The van der Waals surface area contributed by atoms with Crippen molar-refractivity contribution in [3.05, 3.63) is 0 Å². The van der Waals surface area contributed by atoms with Gasteiger partial charge >= 0.3 is 0 Å². The molecule has 0 aromatic rings. The maximum atomic E-state index is 5.91. The molecule has 0 unspecified atom stereocenters. The molecule has 0 radical (unpaired) electrons. The van der Waals surface area contributed by atoms with Crippen molar-refractivity contribution in [3.8, 4) is 0 Å². The molecule has 130 valence electrons. The molecule has 22 heavy (non-hydrogen) atoms. The van der Waals surface area contributed by atoms with Gasteiger partial charge in [0, 0.05) is 47.0 Å². The summed E-state index contributed by atoms with van der Waals surface area (Å²) in [5, 5.41) is 3.49. The molecule has 0 aromatic carbocycles. The van der Waals surface area contributed by atoms with Crippen LogP contribution in [0.2, 0.25) is 0 Å². The predicted octanol–water partition coefficient (Wildman–Crippen LogP) is 2.66. The number of methoxy groups -OCH3 is 1. The van der Waals surface area contributed by atoms with Gasteiger partial charge in [0.15, 0.2) is 5.96 Å². The lowest BCUT2D eigenvalue weighted by Crippen LogP contribution is -2.47. The number of nitrogens with zero attached hydrogens (tertiary/aromatic N) is 2. The van der Waals surface area contributed by atoms with Gasteiger partial charge < -0.3 is 19.7 Å². The van der Waals surface area contributed by atoms with Crippen molar-refractivity contribution < 1.29 is 9.47 Å². The lowest BCUT2D eigenvalue weighted by atomic mass is 10.1. The Hall–Kier alpha value is -0.810. The van der Waals surface area contributed by atoms with E-state index >= 15 is 0 Å². The van der Waals surface area contributed by atoms with Crippen LogP contribution in [0.3, 0.4) is 0 Å². The average molecular weight is 313 g/mol. The zero-order valence-corrected chi connectivity index (χ0v) is 14.8. The minimum absolute atomic E-state index is 0.399. The van der Waals surface area contributed by atoms with Gasteiger partial charge in [-0.1, -0.05) is 26.2 Å². The first-order valence-corrected chi connectivity index (χ1v) is 8.88. The van der Waals surface area contributed by atoms with Gasteiger partial charge in [0.1, 0.15) is 0 Å². The lowest BCUT2D eigenvalue weighted by molar-refractivity contribution is 0.00991. The largest absolute Gasteiger partial charge is 0.385 e. The van der Waals surface area contributed by atoms with E-state index in [1.54, 1.807) is 7.11 Å². The first kappa shape index (κ1) is 19.2. The van der Waals surface area contributed by atoms with Crippen LogP contribution in [0.1, 0.15) is 51.9 Å². The second-order valence-corrected chi connectivity index (χ2v) is 5.94. The Morgan fingerprint density at radius 1 is 1.14 bits per heavy atom. The Labute approximate surface area is 136 Å². The Bertz CT molecular complexity index is 290. The monoisotopic (exact) mass is 313 g/mol. The molecule has 5 nitrogen and oxygen atoms in total. The second-order valence-electron chi connectivity index (χ2n) is 5.94. The van der Waals surface area contributed by atoms with Crippen LogP contribution in [-0.2, 0) is 9.47 Å². The number of likely N-dealkylation sites (tertiary alicyclic amines) is 1. The van der Waals surface area contributed by atoms with Crippen molar-refractivity contribution in [2.24, 2.45) is 4.99 Å². The Kier molecular flexibility index (Phi) is 11.1. The van der Waals surface area contributed by atoms with E-state index in [2.05, 4.69) is 22.1 Å². The predicted molar refractivity (Wildman–Crippen MR) is 92.5 cm³/mol. The van der Waals surface area contributed by atoms with E-state index < -0.39 is 0 Å². The van der Waals surface area contributed by atoms with Crippen LogP contribution < -0.4 is 5.32 Å². The summed E-state index contributed by atoms with van der Waals surface area (Å²) in [5.74, 6) is 1.05. The zero-order chi connectivity index (χ0) is 16.0. The number of hydrogen-bond donors (Lipinski definition) is 1. The smallest absolute Gasteiger partial charge is 0.193 e. The van der Waals surface area contributed by atoms with Crippen molar-refractivity contribution in [2.75, 3.05) is 47.0 Å². The van der Waals surface area contributed by atoms with Gasteiger partial charge in [0.25, 0.3) is 0 Å². The maximum Gasteiger partial charge on any atom is 0.193 e. The summed E-state index contributed by atoms with van der Waals surface area (Å²) in [4.78, 5) is 6.77. The van der Waals surface area contributed by atoms with E-state index in [0.29, 0.717) is 6.10 Å². The molecule has 1 N–H and O–H groups in total. The first-order chi connectivity index (χ1) is 10.8. The summed E-state index contributed by atoms with van der Waals surface area (Å²) in [5.41, 5.74) is 0. The van der Waals surface area contributed by atoms with Crippen LogP contribution in [-0.4, -0.2) is 64.0 Å². The van der Waals surface area contributed by atoms with Gasteiger partial charge in [0.05, 0.1) is 6.10 Å². The molecule has 1 rings (SSSR count). The maximum absolute atomic E-state index is 5.91. The van der Waals surface area contributed by atoms with Crippen molar-refractivity contribution in [3.63, 3.8) is 0 Å². The second kappa shape index (κ2) is 12.7.